The van der Waals surface area contributed by atoms with Crippen molar-refractivity contribution in [1.82, 2.24) is 10.6 Å². The van der Waals surface area contributed by atoms with E-state index in [0.29, 0.717) is 44.7 Å². The number of furan rings is 1. The molecule has 0 radical (unpaired) electrons. The number of nitrogens with zero attached hydrogens (tertiary/aromatic N) is 1. The molecule has 0 bridgehead atoms. The Hall–Kier alpha value is -5.45. The van der Waals surface area contributed by atoms with Crippen molar-refractivity contribution in [1.29, 1.82) is 0 Å². The van der Waals surface area contributed by atoms with Crippen molar-refractivity contribution < 1.29 is 32.7 Å². The molecule has 4 aromatic carbocycles. The van der Waals surface area contributed by atoms with Crippen molar-refractivity contribution in [3.8, 4) is 17.1 Å². The average molecular weight is 696 g/mol. The van der Waals surface area contributed by atoms with E-state index in [1.807, 2.05) is 54.6 Å². The van der Waals surface area contributed by atoms with Gasteiger partial charge in [0.15, 0.2) is 0 Å². The number of halogens is 2. The molecule has 1 aliphatic heterocycles. The van der Waals surface area contributed by atoms with E-state index in [4.69, 9.17) is 25.5 Å². The van der Waals surface area contributed by atoms with Crippen molar-refractivity contribution in [2.45, 2.75) is 45.2 Å². The van der Waals surface area contributed by atoms with Gasteiger partial charge in [0.2, 0.25) is 11.8 Å². The molecule has 2 atom stereocenters. The predicted molar refractivity (Wildman–Crippen MR) is 187 cm³/mol. The number of carbonyl (C=O) groups excluding carboxylic acids is 3. The van der Waals surface area contributed by atoms with Crippen LogP contribution in [-0.2, 0) is 38.8 Å². The molecule has 1 aromatic heterocycles. The fourth-order valence-corrected chi connectivity index (χ4v) is 6.09. The van der Waals surface area contributed by atoms with Gasteiger partial charge in [-0.2, -0.15) is 0 Å². The summed E-state index contributed by atoms with van der Waals surface area (Å²) >= 11 is 6.54. The lowest BCUT2D eigenvalue weighted by Crippen LogP contribution is -2.41. The Morgan fingerprint density at radius 3 is 2.52 bits per heavy atom. The first-order chi connectivity index (χ1) is 24.2. The molecular weight excluding hydrogens is 661 g/mol. The summed E-state index contributed by atoms with van der Waals surface area (Å²) in [4.78, 5) is 41.0. The molecule has 2 N–H and O–H groups in total. The molecule has 50 heavy (non-hydrogen) atoms. The summed E-state index contributed by atoms with van der Waals surface area (Å²) in [5, 5.41) is 5.95. The molecule has 6 rings (SSSR count). The minimum absolute atomic E-state index is 0.0224. The van der Waals surface area contributed by atoms with Crippen LogP contribution in [0.4, 0.5) is 10.1 Å². The normalized spacial score (nSPS) is 15.6. The van der Waals surface area contributed by atoms with Crippen LogP contribution in [-0.4, -0.2) is 30.9 Å². The number of benzene rings is 4. The van der Waals surface area contributed by atoms with Crippen LogP contribution in [0.15, 0.2) is 108 Å². The lowest BCUT2D eigenvalue weighted by Gasteiger charge is -2.24. The maximum absolute atomic E-state index is 14.5. The number of ether oxygens (including phenoxy) is 2. The summed E-state index contributed by atoms with van der Waals surface area (Å²) in [6.45, 7) is 1.70. The second kappa shape index (κ2) is 15.4. The smallest absolute Gasteiger partial charge is 0.257 e. The number of fused-ring (bicyclic) bond motifs is 1. The van der Waals surface area contributed by atoms with Crippen molar-refractivity contribution in [3.05, 3.63) is 142 Å². The maximum atomic E-state index is 14.5. The molecule has 5 aromatic rings. The summed E-state index contributed by atoms with van der Waals surface area (Å²) in [5.41, 5.74) is 3.71. The third kappa shape index (κ3) is 7.88. The van der Waals surface area contributed by atoms with Gasteiger partial charge in [0.1, 0.15) is 35.3 Å². The predicted octanol–water partition coefficient (Wildman–Crippen LogP) is 7.11. The second-order valence-corrected chi connectivity index (χ2v) is 12.3. The molecule has 0 saturated heterocycles. The molecular formula is C39H35ClFN3O6. The van der Waals surface area contributed by atoms with Crippen molar-refractivity contribution in [2.75, 3.05) is 12.0 Å². The number of anilines is 1. The standard InChI is InChI=1S/C39H35ClFN3O6/c1-24(45)42-21-25-8-7-10-26(18-25)38-31-19-28(40)14-16-33(31)44(23-29-15-17-35(49-29)30-11-4-6-13-34(30)48-2)39(47)36(50-38)20-37(46)43-22-27-9-3-5-12-32(27)41/h3-19,36,38H,20-23H2,1-2H3,(H,42,45)(H,43,46). The van der Waals surface area contributed by atoms with Crippen LogP contribution in [0, 0.1) is 5.82 Å². The minimum atomic E-state index is -1.24. The lowest BCUT2D eigenvalue weighted by molar-refractivity contribution is -0.138. The zero-order chi connectivity index (χ0) is 35.2. The molecule has 2 heterocycles. The van der Waals surface area contributed by atoms with Crippen LogP contribution in [0.3, 0.4) is 0 Å². The number of rotatable bonds is 11. The summed E-state index contributed by atoms with van der Waals surface area (Å²) in [5.74, 6) is 0.0967. The van der Waals surface area contributed by atoms with Crippen LogP contribution in [0.1, 0.15) is 47.5 Å². The molecule has 1 aliphatic rings. The van der Waals surface area contributed by atoms with Gasteiger partial charge in [-0.15, -0.1) is 0 Å². The average Bonchev–Trinajstić information content (AvgIpc) is 3.55. The highest BCUT2D eigenvalue weighted by molar-refractivity contribution is 6.30. The van der Waals surface area contributed by atoms with Gasteiger partial charge >= 0.3 is 0 Å². The van der Waals surface area contributed by atoms with Crippen LogP contribution in [0.25, 0.3) is 11.3 Å². The van der Waals surface area contributed by atoms with E-state index in [-0.39, 0.29) is 32.0 Å². The quantitative estimate of drug-likeness (QED) is 0.152. The Bertz CT molecular complexity index is 2030. The monoisotopic (exact) mass is 695 g/mol. The molecule has 3 amide bonds. The third-order valence-corrected chi connectivity index (χ3v) is 8.59. The van der Waals surface area contributed by atoms with E-state index in [1.165, 1.54) is 17.9 Å². The highest BCUT2D eigenvalue weighted by atomic mass is 35.5. The fourth-order valence-electron chi connectivity index (χ4n) is 5.91. The Kier molecular flexibility index (Phi) is 10.6. The molecule has 256 valence electrons. The molecule has 0 fully saturated rings. The van der Waals surface area contributed by atoms with Gasteiger partial charge in [-0.05, 0) is 59.7 Å². The van der Waals surface area contributed by atoms with Crippen LogP contribution in [0.5, 0.6) is 5.75 Å². The minimum Gasteiger partial charge on any atom is -0.496 e. The largest absolute Gasteiger partial charge is 0.496 e. The van der Waals surface area contributed by atoms with Gasteiger partial charge in [0.25, 0.3) is 5.91 Å². The number of carbonyl (C=O) groups is 3. The van der Waals surface area contributed by atoms with Crippen molar-refractivity contribution in [2.24, 2.45) is 0 Å². The number of nitrogens with one attached hydrogen (secondary N) is 2. The lowest BCUT2D eigenvalue weighted by atomic mass is 9.97. The Balaban J connectivity index is 1.36. The van der Waals surface area contributed by atoms with E-state index < -0.39 is 29.8 Å². The second-order valence-electron chi connectivity index (χ2n) is 11.8. The number of hydrogen-bond donors (Lipinski definition) is 2. The Morgan fingerprint density at radius 2 is 1.72 bits per heavy atom. The van der Waals surface area contributed by atoms with E-state index in [0.717, 1.165) is 11.1 Å². The first kappa shape index (κ1) is 34.4. The number of amides is 3. The van der Waals surface area contributed by atoms with Gasteiger partial charge in [0, 0.05) is 36.2 Å². The highest BCUT2D eigenvalue weighted by Gasteiger charge is 2.38. The van der Waals surface area contributed by atoms with E-state index in [1.54, 1.807) is 49.6 Å². The zero-order valence-corrected chi connectivity index (χ0v) is 28.2. The molecule has 11 heteroatoms. The summed E-state index contributed by atoms with van der Waals surface area (Å²) in [6, 6.07) is 29.8. The van der Waals surface area contributed by atoms with Gasteiger partial charge in [-0.25, -0.2) is 4.39 Å². The molecule has 0 aliphatic carbocycles. The molecule has 0 spiro atoms. The highest BCUT2D eigenvalue weighted by Crippen LogP contribution is 2.41. The van der Waals surface area contributed by atoms with Gasteiger partial charge in [-0.1, -0.05) is 66.2 Å². The topological polar surface area (TPSA) is 110 Å². The summed E-state index contributed by atoms with van der Waals surface area (Å²) < 4.78 is 32.6. The van der Waals surface area contributed by atoms with Crippen LogP contribution >= 0.6 is 11.6 Å². The molecule has 9 nitrogen and oxygen atoms in total. The molecule has 2 unspecified atom stereocenters. The van der Waals surface area contributed by atoms with E-state index >= 15 is 0 Å². The third-order valence-electron chi connectivity index (χ3n) is 8.35. The van der Waals surface area contributed by atoms with E-state index in [9.17, 15) is 18.8 Å². The van der Waals surface area contributed by atoms with Gasteiger partial charge in [0.05, 0.1) is 31.3 Å². The first-order valence-electron chi connectivity index (χ1n) is 16.0. The Labute approximate surface area is 294 Å². The van der Waals surface area contributed by atoms with E-state index in [2.05, 4.69) is 10.6 Å². The number of para-hydroxylation sites is 1. The SMILES string of the molecule is COc1ccccc1-c1ccc(CN2C(=O)C(CC(=O)NCc3ccccc3F)OC(c3cccc(CNC(C)=O)c3)c3cc(Cl)ccc32)o1. The zero-order valence-electron chi connectivity index (χ0n) is 27.5. The van der Waals surface area contributed by atoms with Gasteiger partial charge in [-0.3, -0.25) is 14.4 Å². The summed E-state index contributed by atoms with van der Waals surface area (Å²) in [6.07, 6.45) is -2.40. The van der Waals surface area contributed by atoms with Gasteiger partial charge < -0.3 is 29.4 Å². The summed E-state index contributed by atoms with van der Waals surface area (Å²) in [7, 11) is 1.58. The first-order valence-corrected chi connectivity index (χ1v) is 16.4. The fraction of sp³-hybridized carbons (Fsp3) is 0.205. The number of hydrogen-bond acceptors (Lipinski definition) is 6. The van der Waals surface area contributed by atoms with Crippen molar-refractivity contribution in [3.63, 3.8) is 0 Å². The number of methoxy groups -OCH3 is 1. The van der Waals surface area contributed by atoms with Crippen molar-refractivity contribution >= 4 is 35.0 Å². The maximum Gasteiger partial charge on any atom is 0.257 e. The van der Waals surface area contributed by atoms with Crippen LogP contribution < -0.4 is 20.3 Å². The Morgan fingerprint density at radius 1 is 0.920 bits per heavy atom. The van der Waals surface area contributed by atoms with Crippen LogP contribution in [0.2, 0.25) is 5.02 Å². The molecule has 0 saturated carbocycles.